The summed E-state index contributed by atoms with van der Waals surface area (Å²) in [7, 11) is 0. The average Bonchev–Trinajstić information content (AvgIpc) is 1.69. The highest BCUT2D eigenvalue weighted by atomic mass is 15.0. The molecule has 1 aliphatic heterocycles. The molecule has 1 atom stereocenters. The SMILES string of the molecule is [CH2][C@@H]1CCNC=N1. The topological polar surface area (TPSA) is 24.4 Å². The van der Waals surface area contributed by atoms with E-state index in [0.717, 1.165) is 13.0 Å². The Morgan fingerprint density at radius 3 is 3.00 bits per heavy atom. The largest absolute Gasteiger partial charge is 0.376 e. The van der Waals surface area contributed by atoms with Crippen molar-refractivity contribution in [1.82, 2.24) is 5.32 Å². The van der Waals surface area contributed by atoms with Gasteiger partial charge in [-0.1, -0.05) is 0 Å². The van der Waals surface area contributed by atoms with E-state index in [1.165, 1.54) is 0 Å². The van der Waals surface area contributed by atoms with Gasteiger partial charge in [0.1, 0.15) is 0 Å². The van der Waals surface area contributed by atoms with E-state index in [4.69, 9.17) is 0 Å². The standard InChI is InChI=1S/C5H9N2/c1-5-2-3-6-4-7-5/h4-5H,1-3H2,(H,6,7)/t5-/m1/s1. The van der Waals surface area contributed by atoms with E-state index in [1.54, 1.807) is 6.34 Å². The molecule has 0 fully saturated rings. The van der Waals surface area contributed by atoms with Gasteiger partial charge < -0.3 is 5.32 Å². The van der Waals surface area contributed by atoms with Crippen molar-refractivity contribution >= 4 is 6.34 Å². The van der Waals surface area contributed by atoms with E-state index in [-0.39, 0.29) is 0 Å². The van der Waals surface area contributed by atoms with Gasteiger partial charge >= 0.3 is 0 Å². The van der Waals surface area contributed by atoms with Gasteiger partial charge in [0, 0.05) is 6.54 Å². The molecule has 0 aromatic carbocycles. The predicted molar refractivity (Wildman–Crippen MR) is 30.3 cm³/mol. The summed E-state index contributed by atoms with van der Waals surface area (Å²) in [4.78, 5) is 3.98. The second kappa shape index (κ2) is 1.96. The van der Waals surface area contributed by atoms with Crippen molar-refractivity contribution in [2.45, 2.75) is 12.5 Å². The molecule has 0 aliphatic carbocycles. The molecular formula is C5H9N2. The van der Waals surface area contributed by atoms with Crippen LogP contribution >= 0.6 is 0 Å². The number of hydrogen-bond acceptors (Lipinski definition) is 2. The maximum absolute atomic E-state index is 3.98. The molecule has 0 amide bonds. The fourth-order valence-electron chi connectivity index (χ4n) is 0.547. The molecule has 1 aliphatic rings. The van der Waals surface area contributed by atoms with Gasteiger partial charge in [-0.05, 0) is 13.3 Å². The van der Waals surface area contributed by atoms with Gasteiger partial charge in [-0.25, -0.2) is 0 Å². The second-order valence-corrected chi connectivity index (χ2v) is 1.67. The number of rotatable bonds is 0. The third-order valence-corrected chi connectivity index (χ3v) is 0.999. The van der Waals surface area contributed by atoms with Gasteiger partial charge in [0.05, 0.1) is 12.4 Å². The van der Waals surface area contributed by atoms with Crippen LogP contribution in [0, 0.1) is 6.92 Å². The summed E-state index contributed by atoms with van der Waals surface area (Å²) in [6.07, 6.45) is 2.79. The van der Waals surface area contributed by atoms with Crippen LogP contribution in [-0.2, 0) is 0 Å². The summed E-state index contributed by atoms with van der Waals surface area (Å²) < 4.78 is 0. The highest BCUT2D eigenvalue weighted by molar-refractivity contribution is 5.55. The van der Waals surface area contributed by atoms with Crippen LogP contribution in [0.3, 0.4) is 0 Å². The maximum Gasteiger partial charge on any atom is 0.0827 e. The fraction of sp³-hybridized carbons (Fsp3) is 0.600. The van der Waals surface area contributed by atoms with Crippen LogP contribution in [-0.4, -0.2) is 18.9 Å². The Kier molecular flexibility index (Phi) is 1.29. The van der Waals surface area contributed by atoms with Crippen molar-refractivity contribution in [2.24, 2.45) is 4.99 Å². The van der Waals surface area contributed by atoms with Crippen LogP contribution in [0.15, 0.2) is 4.99 Å². The highest BCUT2D eigenvalue weighted by Gasteiger charge is 1.99. The first-order valence-corrected chi connectivity index (χ1v) is 2.48. The van der Waals surface area contributed by atoms with E-state index >= 15 is 0 Å². The summed E-state index contributed by atoms with van der Waals surface area (Å²) in [6.45, 7) is 4.79. The maximum atomic E-state index is 3.98. The molecule has 0 spiro atoms. The van der Waals surface area contributed by atoms with Gasteiger partial charge in [-0.3, -0.25) is 4.99 Å². The highest BCUT2D eigenvalue weighted by Crippen LogP contribution is 1.95. The number of hydrogen-bond donors (Lipinski definition) is 1. The Morgan fingerprint density at radius 2 is 2.71 bits per heavy atom. The van der Waals surface area contributed by atoms with E-state index in [9.17, 15) is 0 Å². The molecule has 0 aromatic heterocycles. The molecule has 2 heteroatoms. The first-order valence-electron chi connectivity index (χ1n) is 2.48. The van der Waals surface area contributed by atoms with Gasteiger partial charge in [0.2, 0.25) is 0 Å². The van der Waals surface area contributed by atoms with Gasteiger partial charge in [0.25, 0.3) is 0 Å². The van der Waals surface area contributed by atoms with Crippen molar-refractivity contribution in [3.8, 4) is 0 Å². The van der Waals surface area contributed by atoms with Crippen molar-refractivity contribution in [2.75, 3.05) is 6.54 Å². The minimum Gasteiger partial charge on any atom is -0.376 e. The van der Waals surface area contributed by atoms with Crippen molar-refractivity contribution < 1.29 is 0 Å². The summed E-state index contributed by atoms with van der Waals surface area (Å²) in [5.41, 5.74) is 0. The number of nitrogens with zero attached hydrogens (tertiary/aromatic N) is 1. The molecule has 1 rings (SSSR count). The molecule has 0 unspecified atom stereocenters. The first-order chi connectivity index (χ1) is 3.39. The number of nitrogens with one attached hydrogen (secondary N) is 1. The lowest BCUT2D eigenvalue weighted by molar-refractivity contribution is 0.667. The molecule has 1 radical (unpaired) electrons. The molecule has 0 saturated heterocycles. The van der Waals surface area contributed by atoms with Crippen LogP contribution in [0.4, 0.5) is 0 Å². The zero-order valence-corrected chi connectivity index (χ0v) is 4.22. The van der Waals surface area contributed by atoms with Crippen molar-refractivity contribution in [3.05, 3.63) is 6.92 Å². The minimum atomic E-state index is 0.293. The Hall–Kier alpha value is -0.530. The lowest BCUT2D eigenvalue weighted by Crippen LogP contribution is -2.22. The quantitative estimate of drug-likeness (QED) is 0.459. The lowest BCUT2D eigenvalue weighted by Gasteiger charge is -2.10. The Morgan fingerprint density at radius 1 is 1.86 bits per heavy atom. The fourth-order valence-corrected chi connectivity index (χ4v) is 0.547. The molecule has 1 N–H and O–H groups in total. The molecule has 2 nitrogen and oxygen atoms in total. The third-order valence-electron chi connectivity index (χ3n) is 0.999. The smallest absolute Gasteiger partial charge is 0.0827 e. The Labute approximate surface area is 43.6 Å². The lowest BCUT2D eigenvalue weighted by atomic mass is 10.2. The van der Waals surface area contributed by atoms with Crippen LogP contribution in [0.5, 0.6) is 0 Å². The molecule has 0 aromatic rings. The average molecular weight is 97.1 g/mol. The van der Waals surface area contributed by atoms with E-state index in [1.807, 2.05) is 0 Å². The van der Waals surface area contributed by atoms with E-state index in [2.05, 4.69) is 17.2 Å². The summed E-state index contributed by atoms with van der Waals surface area (Å²) in [6, 6.07) is 0.293. The summed E-state index contributed by atoms with van der Waals surface area (Å²) in [5.74, 6) is 0. The zero-order chi connectivity index (χ0) is 5.11. The van der Waals surface area contributed by atoms with Crippen LogP contribution in [0.25, 0.3) is 0 Å². The van der Waals surface area contributed by atoms with Gasteiger partial charge in [-0.2, -0.15) is 0 Å². The van der Waals surface area contributed by atoms with E-state index < -0.39 is 0 Å². The molecule has 1 heterocycles. The van der Waals surface area contributed by atoms with Crippen LogP contribution < -0.4 is 5.32 Å². The van der Waals surface area contributed by atoms with Crippen molar-refractivity contribution in [1.29, 1.82) is 0 Å². The van der Waals surface area contributed by atoms with Gasteiger partial charge in [-0.15, -0.1) is 0 Å². The van der Waals surface area contributed by atoms with Gasteiger partial charge in [0.15, 0.2) is 0 Å². The monoisotopic (exact) mass is 97.1 g/mol. The number of aliphatic imine (C=N–C) groups is 1. The Balaban J connectivity index is 2.36. The molecule has 0 bridgehead atoms. The molecular weight excluding hydrogens is 88.1 g/mol. The van der Waals surface area contributed by atoms with Crippen molar-refractivity contribution in [3.63, 3.8) is 0 Å². The van der Waals surface area contributed by atoms with Crippen LogP contribution in [0.2, 0.25) is 0 Å². The van der Waals surface area contributed by atoms with Crippen LogP contribution in [0.1, 0.15) is 6.42 Å². The molecule has 39 valence electrons. The minimum absolute atomic E-state index is 0.293. The first kappa shape index (κ1) is 4.62. The predicted octanol–water partition coefficient (Wildman–Crippen LogP) is 0.211. The summed E-state index contributed by atoms with van der Waals surface area (Å²) in [5, 5.41) is 2.98. The molecule has 0 saturated carbocycles. The zero-order valence-electron chi connectivity index (χ0n) is 4.22. The third kappa shape index (κ3) is 1.18. The van der Waals surface area contributed by atoms with E-state index in [0.29, 0.717) is 6.04 Å². The molecule has 7 heavy (non-hydrogen) atoms. The summed E-state index contributed by atoms with van der Waals surface area (Å²) >= 11 is 0. The second-order valence-electron chi connectivity index (χ2n) is 1.67. The Bertz CT molecular complexity index is 78.1. The normalized spacial score (nSPS) is 29.6.